The smallest absolute Gasteiger partial charge is 0.409 e. The SMILES string of the molecule is CCOC(=O)N1CCN(c2c(Cl)cccc2N=[N+]=[N-])CC1. The van der Waals surface area contributed by atoms with Gasteiger partial charge in [0.1, 0.15) is 0 Å². The van der Waals surface area contributed by atoms with Crippen LogP contribution in [0.1, 0.15) is 6.92 Å². The number of hydrogen-bond donors (Lipinski definition) is 0. The molecule has 8 heteroatoms. The average Bonchev–Trinajstić information content (AvgIpc) is 2.48. The number of ether oxygens (including phenoxy) is 1. The highest BCUT2D eigenvalue weighted by Gasteiger charge is 2.24. The van der Waals surface area contributed by atoms with Crippen LogP contribution in [-0.4, -0.2) is 43.8 Å². The van der Waals surface area contributed by atoms with Gasteiger partial charge in [0, 0.05) is 31.1 Å². The van der Waals surface area contributed by atoms with Crippen LogP contribution in [0, 0.1) is 0 Å². The van der Waals surface area contributed by atoms with E-state index < -0.39 is 0 Å². The molecule has 0 bridgehead atoms. The number of carbonyl (C=O) groups is 1. The van der Waals surface area contributed by atoms with E-state index in [1.165, 1.54) is 0 Å². The molecular formula is C13H16ClN5O2. The zero-order chi connectivity index (χ0) is 15.2. The second-order valence-electron chi connectivity index (χ2n) is 4.47. The highest BCUT2D eigenvalue weighted by molar-refractivity contribution is 6.33. The van der Waals surface area contributed by atoms with Gasteiger partial charge in [0.15, 0.2) is 0 Å². The van der Waals surface area contributed by atoms with Gasteiger partial charge in [0.05, 0.1) is 23.0 Å². The molecule has 1 aromatic carbocycles. The third-order valence-electron chi connectivity index (χ3n) is 3.24. The first-order valence-corrected chi connectivity index (χ1v) is 7.05. The minimum Gasteiger partial charge on any atom is -0.450 e. The van der Waals surface area contributed by atoms with Crippen molar-refractivity contribution in [3.63, 3.8) is 0 Å². The topological polar surface area (TPSA) is 81.5 Å². The van der Waals surface area contributed by atoms with Crippen LogP contribution in [0.15, 0.2) is 23.3 Å². The van der Waals surface area contributed by atoms with Crippen LogP contribution in [-0.2, 0) is 4.74 Å². The Morgan fingerprint density at radius 1 is 1.43 bits per heavy atom. The van der Waals surface area contributed by atoms with Crippen molar-refractivity contribution in [2.75, 3.05) is 37.7 Å². The van der Waals surface area contributed by atoms with Crippen molar-refractivity contribution in [1.82, 2.24) is 4.90 Å². The van der Waals surface area contributed by atoms with Gasteiger partial charge in [-0.2, -0.15) is 0 Å². The van der Waals surface area contributed by atoms with E-state index in [2.05, 4.69) is 10.0 Å². The maximum Gasteiger partial charge on any atom is 0.409 e. The summed E-state index contributed by atoms with van der Waals surface area (Å²) in [7, 11) is 0. The monoisotopic (exact) mass is 309 g/mol. The molecule has 112 valence electrons. The Hall–Kier alpha value is -2.11. The Morgan fingerprint density at radius 2 is 2.14 bits per heavy atom. The Labute approximate surface area is 127 Å². The van der Waals surface area contributed by atoms with Gasteiger partial charge in [-0.05, 0) is 18.5 Å². The molecule has 21 heavy (non-hydrogen) atoms. The standard InChI is InChI=1S/C13H16ClN5O2/c1-2-21-13(20)19-8-6-18(7-9-19)12-10(14)4-3-5-11(12)16-17-15/h3-5H,2,6-9H2,1H3. The molecule has 0 aromatic heterocycles. The Bertz CT molecular complexity index is 566. The molecule has 7 nitrogen and oxygen atoms in total. The van der Waals surface area contributed by atoms with E-state index in [0.29, 0.717) is 49.2 Å². The first kappa shape index (κ1) is 15.3. The van der Waals surface area contributed by atoms with Gasteiger partial charge in [-0.1, -0.05) is 28.8 Å². The van der Waals surface area contributed by atoms with Crippen molar-refractivity contribution in [3.05, 3.63) is 33.7 Å². The van der Waals surface area contributed by atoms with Crippen molar-refractivity contribution >= 4 is 29.1 Å². The fourth-order valence-electron chi connectivity index (χ4n) is 2.27. The van der Waals surface area contributed by atoms with Crippen LogP contribution < -0.4 is 4.90 Å². The van der Waals surface area contributed by atoms with Crippen LogP contribution >= 0.6 is 11.6 Å². The summed E-state index contributed by atoms with van der Waals surface area (Å²) >= 11 is 6.22. The molecule has 0 unspecified atom stereocenters. The predicted molar refractivity (Wildman–Crippen MR) is 81.1 cm³/mol. The summed E-state index contributed by atoms with van der Waals surface area (Å²) in [5.41, 5.74) is 9.84. The van der Waals surface area contributed by atoms with Crippen molar-refractivity contribution in [3.8, 4) is 0 Å². The van der Waals surface area contributed by atoms with E-state index in [1.807, 2.05) is 4.90 Å². The molecule has 0 spiro atoms. The summed E-state index contributed by atoms with van der Waals surface area (Å²) in [5.74, 6) is 0. The summed E-state index contributed by atoms with van der Waals surface area (Å²) in [6.45, 7) is 4.45. The van der Waals surface area contributed by atoms with Gasteiger partial charge in [-0.3, -0.25) is 0 Å². The molecule has 1 fully saturated rings. The van der Waals surface area contributed by atoms with E-state index >= 15 is 0 Å². The van der Waals surface area contributed by atoms with Crippen LogP contribution in [0.2, 0.25) is 5.02 Å². The van der Waals surface area contributed by atoms with Crippen LogP contribution in [0.5, 0.6) is 0 Å². The number of hydrogen-bond acceptors (Lipinski definition) is 4. The molecule has 1 amide bonds. The molecular weight excluding hydrogens is 294 g/mol. The third-order valence-corrected chi connectivity index (χ3v) is 3.54. The minimum absolute atomic E-state index is 0.299. The Morgan fingerprint density at radius 3 is 2.76 bits per heavy atom. The second kappa shape index (κ2) is 7.06. The summed E-state index contributed by atoms with van der Waals surface area (Å²) in [5, 5.41) is 4.21. The van der Waals surface area contributed by atoms with Crippen LogP contribution in [0.3, 0.4) is 0 Å². The number of carbonyl (C=O) groups excluding carboxylic acids is 1. The van der Waals surface area contributed by atoms with Gasteiger partial charge in [0.2, 0.25) is 0 Å². The normalized spacial score (nSPS) is 14.6. The lowest BCUT2D eigenvalue weighted by molar-refractivity contribution is 0.105. The predicted octanol–water partition coefficient (Wildman–Crippen LogP) is 3.56. The number of piperazine rings is 1. The van der Waals surface area contributed by atoms with Crippen molar-refractivity contribution in [2.45, 2.75) is 6.92 Å². The van der Waals surface area contributed by atoms with E-state index in [-0.39, 0.29) is 6.09 Å². The first-order valence-electron chi connectivity index (χ1n) is 6.67. The summed E-state index contributed by atoms with van der Waals surface area (Å²) in [6, 6.07) is 5.22. The number of benzene rings is 1. The van der Waals surface area contributed by atoms with Gasteiger partial charge < -0.3 is 14.5 Å². The highest BCUT2D eigenvalue weighted by Crippen LogP contribution is 2.36. The van der Waals surface area contributed by atoms with E-state index in [9.17, 15) is 4.79 Å². The summed E-state index contributed by atoms with van der Waals surface area (Å²) in [6.07, 6.45) is -0.299. The van der Waals surface area contributed by atoms with Crippen LogP contribution in [0.25, 0.3) is 10.4 Å². The first-order chi connectivity index (χ1) is 10.2. The number of amides is 1. The number of nitrogens with zero attached hydrogens (tertiary/aromatic N) is 5. The maximum atomic E-state index is 11.7. The fourth-order valence-corrected chi connectivity index (χ4v) is 2.56. The molecule has 0 radical (unpaired) electrons. The fraction of sp³-hybridized carbons (Fsp3) is 0.462. The Kier molecular flexibility index (Phi) is 5.14. The number of anilines is 1. The largest absolute Gasteiger partial charge is 0.450 e. The van der Waals surface area contributed by atoms with Crippen LogP contribution in [0.4, 0.5) is 16.2 Å². The minimum atomic E-state index is -0.299. The van der Waals surface area contributed by atoms with Crippen molar-refractivity contribution in [2.24, 2.45) is 5.11 Å². The molecule has 1 aromatic rings. The zero-order valence-corrected chi connectivity index (χ0v) is 12.5. The van der Waals surface area contributed by atoms with Crippen molar-refractivity contribution < 1.29 is 9.53 Å². The lowest BCUT2D eigenvalue weighted by Crippen LogP contribution is -2.49. The lowest BCUT2D eigenvalue weighted by atomic mass is 10.2. The molecule has 0 N–H and O–H groups in total. The second-order valence-corrected chi connectivity index (χ2v) is 4.88. The van der Waals surface area contributed by atoms with E-state index in [4.69, 9.17) is 21.9 Å². The van der Waals surface area contributed by atoms with Gasteiger partial charge in [-0.25, -0.2) is 4.79 Å². The zero-order valence-electron chi connectivity index (χ0n) is 11.7. The molecule has 1 aliphatic heterocycles. The molecule has 0 saturated carbocycles. The number of rotatable bonds is 3. The summed E-state index contributed by atoms with van der Waals surface area (Å²) < 4.78 is 4.98. The third kappa shape index (κ3) is 3.51. The van der Waals surface area contributed by atoms with Gasteiger partial charge in [-0.15, -0.1) is 0 Å². The average molecular weight is 310 g/mol. The van der Waals surface area contributed by atoms with E-state index in [1.54, 1.807) is 30.0 Å². The number of halogens is 1. The quantitative estimate of drug-likeness (QED) is 0.486. The molecule has 2 rings (SSSR count). The Balaban J connectivity index is 2.12. The van der Waals surface area contributed by atoms with Gasteiger partial charge >= 0.3 is 6.09 Å². The molecule has 0 atom stereocenters. The molecule has 1 heterocycles. The molecule has 1 aliphatic rings. The molecule has 0 aliphatic carbocycles. The van der Waals surface area contributed by atoms with Crippen molar-refractivity contribution in [1.29, 1.82) is 0 Å². The lowest BCUT2D eigenvalue weighted by Gasteiger charge is -2.36. The molecule has 1 saturated heterocycles. The van der Waals surface area contributed by atoms with E-state index in [0.717, 1.165) is 0 Å². The number of azide groups is 1. The highest BCUT2D eigenvalue weighted by atomic mass is 35.5. The summed E-state index contributed by atoms with van der Waals surface area (Å²) in [4.78, 5) is 18.2. The maximum absolute atomic E-state index is 11.7. The number of para-hydroxylation sites is 1. The van der Waals surface area contributed by atoms with Gasteiger partial charge in [0.25, 0.3) is 0 Å².